The van der Waals surface area contributed by atoms with Crippen LogP contribution in [0.2, 0.25) is 0 Å². The Kier molecular flexibility index (Phi) is 2.92. The molecule has 3 N–H and O–H groups in total. The maximum absolute atomic E-state index is 11.2. The molecule has 82 valence electrons. The Morgan fingerprint density at radius 1 is 1.56 bits per heavy atom. The SMILES string of the molecule is Nc1ccc(C#CCN2CCNC2=O)nc1. The van der Waals surface area contributed by atoms with E-state index >= 15 is 0 Å². The third-order valence-electron chi connectivity index (χ3n) is 2.22. The molecule has 2 heterocycles. The monoisotopic (exact) mass is 216 g/mol. The summed E-state index contributed by atoms with van der Waals surface area (Å²) in [6.45, 7) is 1.83. The highest BCUT2D eigenvalue weighted by atomic mass is 16.2. The van der Waals surface area contributed by atoms with Crippen LogP contribution in [0, 0.1) is 11.8 Å². The van der Waals surface area contributed by atoms with Crippen molar-refractivity contribution >= 4 is 11.7 Å². The van der Waals surface area contributed by atoms with Crippen molar-refractivity contribution in [3.8, 4) is 11.8 Å². The molecule has 0 atom stereocenters. The fourth-order valence-electron chi connectivity index (χ4n) is 1.37. The van der Waals surface area contributed by atoms with E-state index in [1.54, 1.807) is 23.2 Å². The van der Waals surface area contributed by atoms with Crippen molar-refractivity contribution in [1.29, 1.82) is 0 Å². The van der Waals surface area contributed by atoms with Gasteiger partial charge in [-0.05, 0) is 18.1 Å². The third kappa shape index (κ3) is 2.42. The molecule has 16 heavy (non-hydrogen) atoms. The Balaban J connectivity index is 1.95. The van der Waals surface area contributed by atoms with Crippen molar-refractivity contribution in [2.45, 2.75) is 0 Å². The molecule has 1 aromatic heterocycles. The molecule has 2 rings (SSSR count). The summed E-state index contributed by atoms with van der Waals surface area (Å²) in [4.78, 5) is 16.9. The van der Waals surface area contributed by atoms with Crippen LogP contribution in [0.3, 0.4) is 0 Å². The second-order valence-electron chi connectivity index (χ2n) is 3.43. The van der Waals surface area contributed by atoms with Gasteiger partial charge in [0.15, 0.2) is 0 Å². The van der Waals surface area contributed by atoms with Crippen LogP contribution in [0.15, 0.2) is 18.3 Å². The first-order chi connectivity index (χ1) is 7.75. The maximum Gasteiger partial charge on any atom is 0.318 e. The van der Waals surface area contributed by atoms with Crippen molar-refractivity contribution in [3.63, 3.8) is 0 Å². The van der Waals surface area contributed by atoms with Crippen LogP contribution in [-0.4, -0.2) is 35.5 Å². The molecule has 5 heteroatoms. The molecule has 5 nitrogen and oxygen atoms in total. The van der Waals surface area contributed by atoms with Crippen molar-refractivity contribution in [2.24, 2.45) is 0 Å². The number of nitrogens with zero attached hydrogens (tertiary/aromatic N) is 2. The van der Waals surface area contributed by atoms with Crippen molar-refractivity contribution in [1.82, 2.24) is 15.2 Å². The Morgan fingerprint density at radius 2 is 2.44 bits per heavy atom. The van der Waals surface area contributed by atoms with E-state index in [2.05, 4.69) is 22.1 Å². The average Bonchev–Trinajstić information content (AvgIpc) is 2.68. The lowest BCUT2D eigenvalue weighted by Gasteiger charge is -2.07. The van der Waals surface area contributed by atoms with Crippen LogP contribution in [0.5, 0.6) is 0 Å². The second-order valence-corrected chi connectivity index (χ2v) is 3.43. The maximum atomic E-state index is 11.2. The number of anilines is 1. The number of hydrogen-bond acceptors (Lipinski definition) is 3. The van der Waals surface area contributed by atoms with Crippen LogP contribution in [-0.2, 0) is 0 Å². The molecule has 0 aromatic carbocycles. The first kappa shape index (κ1) is 10.3. The van der Waals surface area contributed by atoms with Gasteiger partial charge in [0.1, 0.15) is 5.69 Å². The van der Waals surface area contributed by atoms with E-state index in [1.165, 1.54) is 0 Å². The average molecular weight is 216 g/mol. The van der Waals surface area contributed by atoms with E-state index in [9.17, 15) is 4.79 Å². The fraction of sp³-hybridized carbons (Fsp3) is 0.273. The second kappa shape index (κ2) is 4.53. The van der Waals surface area contributed by atoms with E-state index in [1.807, 2.05) is 0 Å². The Morgan fingerprint density at radius 3 is 3.06 bits per heavy atom. The summed E-state index contributed by atoms with van der Waals surface area (Å²) >= 11 is 0. The summed E-state index contributed by atoms with van der Waals surface area (Å²) < 4.78 is 0. The number of hydrogen-bond donors (Lipinski definition) is 2. The Labute approximate surface area is 93.6 Å². The third-order valence-corrected chi connectivity index (χ3v) is 2.22. The first-order valence-electron chi connectivity index (χ1n) is 4.99. The number of nitrogen functional groups attached to an aromatic ring is 1. The van der Waals surface area contributed by atoms with Gasteiger partial charge in [0.05, 0.1) is 18.4 Å². The van der Waals surface area contributed by atoms with Crippen LogP contribution in [0.25, 0.3) is 0 Å². The minimum absolute atomic E-state index is 0.0560. The molecule has 0 bridgehead atoms. The van der Waals surface area contributed by atoms with E-state index in [-0.39, 0.29) is 6.03 Å². The summed E-state index contributed by atoms with van der Waals surface area (Å²) in [5.74, 6) is 5.79. The first-order valence-corrected chi connectivity index (χ1v) is 4.99. The molecule has 0 aliphatic carbocycles. The lowest BCUT2D eigenvalue weighted by atomic mass is 10.3. The zero-order valence-electron chi connectivity index (χ0n) is 8.73. The van der Waals surface area contributed by atoms with Gasteiger partial charge in [0.25, 0.3) is 0 Å². The molecule has 1 fully saturated rings. The number of amides is 2. The number of carbonyl (C=O) groups excluding carboxylic acids is 1. The van der Waals surface area contributed by atoms with E-state index in [0.717, 1.165) is 0 Å². The lowest BCUT2D eigenvalue weighted by Crippen LogP contribution is -2.28. The number of urea groups is 1. The van der Waals surface area contributed by atoms with Crippen LogP contribution < -0.4 is 11.1 Å². The van der Waals surface area contributed by atoms with Crippen LogP contribution >= 0.6 is 0 Å². The Hall–Kier alpha value is -2.22. The normalized spacial score (nSPS) is 14.2. The molecular formula is C11H12N4O. The number of aromatic nitrogens is 1. The van der Waals surface area contributed by atoms with E-state index < -0.39 is 0 Å². The predicted molar refractivity (Wildman–Crippen MR) is 60.5 cm³/mol. The van der Waals surface area contributed by atoms with Gasteiger partial charge < -0.3 is 16.0 Å². The molecule has 1 aromatic rings. The molecule has 0 spiro atoms. The number of carbonyl (C=O) groups is 1. The van der Waals surface area contributed by atoms with Gasteiger partial charge >= 0.3 is 6.03 Å². The van der Waals surface area contributed by atoms with Crippen molar-refractivity contribution < 1.29 is 4.79 Å². The molecular weight excluding hydrogens is 204 g/mol. The summed E-state index contributed by atoms with van der Waals surface area (Å²) in [6.07, 6.45) is 1.56. The van der Waals surface area contributed by atoms with Gasteiger partial charge in [-0.1, -0.05) is 5.92 Å². The summed E-state index contributed by atoms with van der Waals surface area (Å²) in [7, 11) is 0. The lowest BCUT2D eigenvalue weighted by molar-refractivity contribution is 0.222. The van der Waals surface area contributed by atoms with Crippen molar-refractivity contribution in [3.05, 3.63) is 24.0 Å². The van der Waals surface area contributed by atoms with E-state index in [0.29, 0.717) is 31.0 Å². The smallest absolute Gasteiger partial charge is 0.318 e. The molecule has 2 amide bonds. The van der Waals surface area contributed by atoms with Gasteiger partial charge in [-0.3, -0.25) is 0 Å². The van der Waals surface area contributed by atoms with Gasteiger partial charge in [-0.25, -0.2) is 9.78 Å². The van der Waals surface area contributed by atoms with Gasteiger partial charge in [-0.15, -0.1) is 0 Å². The molecule has 1 aliphatic heterocycles. The van der Waals surface area contributed by atoms with Crippen LogP contribution in [0.4, 0.5) is 10.5 Å². The Bertz CT molecular complexity index is 443. The summed E-state index contributed by atoms with van der Waals surface area (Å²) in [6, 6.07) is 3.45. The molecule has 0 saturated carbocycles. The number of nitrogens with two attached hydrogens (primary N) is 1. The van der Waals surface area contributed by atoms with Crippen molar-refractivity contribution in [2.75, 3.05) is 25.4 Å². The highest BCUT2D eigenvalue weighted by Gasteiger charge is 2.17. The highest BCUT2D eigenvalue weighted by molar-refractivity contribution is 5.76. The summed E-state index contributed by atoms with van der Waals surface area (Å²) in [5.41, 5.74) is 6.78. The molecule has 0 radical (unpaired) electrons. The highest BCUT2D eigenvalue weighted by Crippen LogP contribution is 1.99. The molecule has 1 saturated heterocycles. The predicted octanol–water partition coefficient (Wildman–Crippen LogP) is 0.0405. The quantitative estimate of drug-likeness (QED) is 0.651. The number of pyridine rings is 1. The standard InChI is InChI=1S/C11H12N4O/c12-9-3-4-10(14-8-9)2-1-6-15-7-5-13-11(15)16/h3-4,8H,5-7,12H2,(H,13,16). The number of nitrogens with one attached hydrogen (secondary N) is 1. The van der Waals surface area contributed by atoms with Crippen LogP contribution in [0.1, 0.15) is 5.69 Å². The minimum Gasteiger partial charge on any atom is -0.397 e. The zero-order chi connectivity index (χ0) is 11.4. The molecule has 0 unspecified atom stereocenters. The number of rotatable bonds is 1. The summed E-state index contributed by atoms with van der Waals surface area (Å²) in [5, 5.41) is 2.71. The van der Waals surface area contributed by atoms with Gasteiger partial charge in [0.2, 0.25) is 0 Å². The largest absolute Gasteiger partial charge is 0.397 e. The zero-order valence-corrected chi connectivity index (χ0v) is 8.73. The van der Waals surface area contributed by atoms with E-state index in [4.69, 9.17) is 5.73 Å². The minimum atomic E-state index is -0.0560. The van der Waals surface area contributed by atoms with Gasteiger partial charge in [0, 0.05) is 13.1 Å². The molecule has 1 aliphatic rings. The van der Waals surface area contributed by atoms with Gasteiger partial charge in [-0.2, -0.15) is 0 Å². The fourth-order valence-corrected chi connectivity index (χ4v) is 1.37. The topological polar surface area (TPSA) is 71.2 Å².